The Kier molecular flexibility index (Phi) is 4.20. The lowest BCUT2D eigenvalue weighted by Crippen LogP contribution is -2.34. The second kappa shape index (κ2) is 6.28. The van der Waals surface area contributed by atoms with Crippen LogP contribution in [0.3, 0.4) is 0 Å². The smallest absolute Gasteiger partial charge is 0.308 e. The third-order valence-corrected chi connectivity index (χ3v) is 3.64. The molecule has 0 aliphatic carbocycles. The first kappa shape index (κ1) is 14.7. The summed E-state index contributed by atoms with van der Waals surface area (Å²) in [7, 11) is 0. The highest BCUT2D eigenvalue weighted by Gasteiger charge is 2.22. The minimum atomic E-state index is -0.586. The lowest BCUT2D eigenvalue weighted by molar-refractivity contribution is -0.162. The quantitative estimate of drug-likeness (QED) is 0.866. The molecule has 0 fully saturated rings. The summed E-state index contributed by atoms with van der Waals surface area (Å²) >= 11 is 6.03. The zero-order valence-electron chi connectivity index (χ0n) is 12.1. The zero-order chi connectivity index (χ0) is 15.5. The van der Waals surface area contributed by atoms with Gasteiger partial charge in [-0.05, 0) is 35.4 Å². The van der Waals surface area contributed by atoms with E-state index >= 15 is 0 Å². The van der Waals surface area contributed by atoms with Gasteiger partial charge in [0.2, 0.25) is 0 Å². The van der Waals surface area contributed by atoms with Crippen LogP contribution in [0.4, 0.5) is 5.69 Å². The van der Waals surface area contributed by atoms with E-state index in [1.165, 1.54) is 0 Å². The summed E-state index contributed by atoms with van der Waals surface area (Å²) in [5.41, 5.74) is 2.96. The lowest BCUT2D eigenvalue weighted by Gasteiger charge is -2.27. The van der Waals surface area contributed by atoms with Crippen molar-refractivity contribution >= 4 is 23.3 Å². The Hall–Kier alpha value is -2.20. The Labute approximate surface area is 134 Å². The van der Waals surface area contributed by atoms with Crippen molar-refractivity contribution in [1.82, 2.24) is 0 Å². The van der Waals surface area contributed by atoms with E-state index in [1.807, 2.05) is 42.5 Å². The Morgan fingerprint density at radius 3 is 2.91 bits per heavy atom. The summed E-state index contributed by atoms with van der Waals surface area (Å²) in [5.74, 6) is 0.400. The molecule has 3 rings (SSSR count). The topological polar surface area (TPSA) is 47.6 Å². The fourth-order valence-electron chi connectivity index (χ4n) is 2.29. The molecule has 0 radical (unpaired) electrons. The molecule has 1 aliphatic rings. The zero-order valence-corrected chi connectivity index (χ0v) is 12.9. The molecule has 0 bridgehead atoms. The number of carbonyl (C=O) groups excluding carboxylic acids is 1. The summed E-state index contributed by atoms with van der Waals surface area (Å²) < 4.78 is 10.9. The van der Waals surface area contributed by atoms with Crippen molar-refractivity contribution in [1.29, 1.82) is 0 Å². The average molecular weight is 318 g/mol. The van der Waals surface area contributed by atoms with Gasteiger partial charge in [0.15, 0.2) is 0 Å². The molecule has 114 valence electrons. The van der Waals surface area contributed by atoms with Gasteiger partial charge in [-0.3, -0.25) is 4.79 Å². The van der Waals surface area contributed by atoms with Gasteiger partial charge in [0.25, 0.3) is 6.29 Å². The maximum Gasteiger partial charge on any atom is 0.308 e. The second-order valence-corrected chi connectivity index (χ2v) is 5.43. The van der Waals surface area contributed by atoms with Gasteiger partial charge < -0.3 is 14.8 Å². The Bertz CT molecular complexity index is 702. The van der Waals surface area contributed by atoms with Gasteiger partial charge in [0.05, 0.1) is 12.2 Å². The molecule has 2 aromatic carbocycles. The fraction of sp³-hybridized carbons (Fsp3) is 0.235. The highest BCUT2D eigenvalue weighted by Crippen LogP contribution is 2.34. The SMILES string of the molecule is CCC(=O)O[C@H]1CNc2cc(-c3cccc(Cl)c3)ccc2O1. The maximum atomic E-state index is 11.3. The predicted molar refractivity (Wildman–Crippen MR) is 86.2 cm³/mol. The minimum Gasteiger partial charge on any atom is -0.451 e. The van der Waals surface area contributed by atoms with Gasteiger partial charge in [-0.1, -0.05) is 36.7 Å². The van der Waals surface area contributed by atoms with Gasteiger partial charge in [0.1, 0.15) is 5.75 Å². The number of rotatable bonds is 3. The molecule has 1 atom stereocenters. The molecule has 4 nitrogen and oxygen atoms in total. The monoisotopic (exact) mass is 317 g/mol. The van der Waals surface area contributed by atoms with Crippen LogP contribution >= 0.6 is 11.6 Å². The summed E-state index contributed by atoms with van der Waals surface area (Å²) in [5, 5.41) is 3.93. The molecule has 0 saturated heterocycles. The van der Waals surface area contributed by atoms with E-state index in [-0.39, 0.29) is 5.97 Å². The number of halogens is 1. The molecular formula is C17H16ClNO3. The van der Waals surface area contributed by atoms with Crippen LogP contribution in [0.1, 0.15) is 13.3 Å². The van der Waals surface area contributed by atoms with Crippen molar-refractivity contribution in [3.8, 4) is 16.9 Å². The molecule has 1 N–H and O–H groups in total. The van der Waals surface area contributed by atoms with Crippen molar-refractivity contribution < 1.29 is 14.3 Å². The van der Waals surface area contributed by atoms with Crippen LogP contribution < -0.4 is 10.1 Å². The molecule has 0 amide bonds. The van der Waals surface area contributed by atoms with Crippen LogP contribution in [-0.2, 0) is 9.53 Å². The van der Waals surface area contributed by atoms with Crippen LogP contribution in [0, 0.1) is 0 Å². The molecule has 1 aliphatic heterocycles. The third kappa shape index (κ3) is 3.17. The normalized spacial score (nSPS) is 16.2. The number of esters is 1. The Morgan fingerprint density at radius 1 is 1.32 bits per heavy atom. The summed E-state index contributed by atoms with van der Waals surface area (Å²) in [6.45, 7) is 2.18. The largest absolute Gasteiger partial charge is 0.451 e. The average Bonchev–Trinajstić information content (AvgIpc) is 2.54. The summed E-state index contributed by atoms with van der Waals surface area (Å²) in [4.78, 5) is 11.3. The molecule has 0 spiro atoms. The van der Waals surface area contributed by atoms with E-state index < -0.39 is 6.29 Å². The number of fused-ring (bicyclic) bond motifs is 1. The maximum absolute atomic E-state index is 11.3. The standard InChI is InChI=1S/C17H16ClNO3/c1-2-16(20)22-17-10-19-14-9-12(6-7-15(14)21-17)11-4-3-5-13(18)8-11/h3-9,17,19H,2,10H2,1H3/t17-/m0/s1. The van der Waals surface area contributed by atoms with Gasteiger partial charge in [0, 0.05) is 11.4 Å². The molecule has 22 heavy (non-hydrogen) atoms. The number of hydrogen-bond acceptors (Lipinski definition) is 4. The molecule has 1 heterocycles. The van der Waals surface area contributed by atoms with Crippen molar-refractivity contribution in [3.05, 3.63) is 47.5 Å². The van der Waals surface area contributed by atoms with Crippen LogP contribution in [0.2, 0.25) is 5.02 Å². The number of anilines is 1. The fourth-order valence-corrected chi connectivity index (χ4v) is 2.48. The molecule has 2 aromatic rings. The number of nitrogens with one attached hydrogen (secondary N) is 1. The number of carbonyl (C=O) groups is 1. The molecule has 0 aromatic heterocycles. The van der Waals surface area contributed by atoms with E-state index in [0.717, 1.165) is 16.8 Å². The number of hydrogen-bond donors (Lipinski definition) is 1. The van der Waals surface area contributed by atoms with Gasteiger partial charge in [-0.15, -0.1) is 0 Å². The van der Waals surface area contributed by atoms with Crippen LogP contribution in [0.15, 0.2) is 42.5 Å². The van der Waals surface area contributed by atoms with Crippen LogP contribution in [-0.4, -0.2) is 18.8 Å². The van der Waals surface area contributed by atoms with E-state index in [4.69, 9.17) is 21.1 Å². The van der Waals surface area contributed by atoms with E-state index in [0.29, 0.717) is 23.7 Å². The third-order valence-electron chi connectivity index (χ3n) is 3.41. The van der Waals surface area contributed by atoms with Crippen molar-refractivity contribution in [2.24, 2.45) is 0 Å². The van der Waals surface area contributed by atoms with Crippen molar-refractivity contribution in [2.45, 2.75) is 19.6 Å². The van der Waals surface area contributed by atoms with Crippen LogP contribution in [0.5, 0.6) is 5.75 Å². The van der Waals surface area contributed by atoms with Crippen LogP contribution in [0.25, 0.3) is 11.1 Å². The molecule has 0 unspecified atom stereocenters. The Balaban J connectivity index is 1.80. The highest BCUT2D eigenvalue weighted by molar-refractivity contribution is 6.30. The summed E-state index contributed by atoms with van der Waals surface area (Å²) in [6, 6.07) is 13.5. The first-order valence-corrected chi connectivity index (χ1v) is 7.53. The van der Waals surface area contributed by atoms with E-state index in [9.17, 15) is 4.79 Å². The lowest BCUT2D eigenvalue weighted by atomic mass is 10.0. The number of benzene rings is 2. The van der Waals surface area contributed by atoms with Gasteiger partial charge >= 0.3 is 5.97 Å². The van der Waals surface area contributed by atoms with E-state index in [2.05, 4.69) is 5.32 Å². The molecule has 0 saturated carbocycles. The first-order chi connectivity index (χ1) is 10.7. The van der Waals surface area contributed by atoms with Gasteiger partial charge in [-0.2, -0.15) is 0 Å². The summed E-state index contributed by atoms with van der Waals surface area (Å²) in [6.07, 6.45) is -0.252. The Morgan fingerprint density at radius 2 is 2.14 bits per heavy atom. The predicted octanol–water partition coefficient (Wildman–Crippen LogP) is 4.09. The minimum absolute atomic E-state index is 0.272. The molecular weight excluding hydrogens is 302 g/mol. The van der Waals surface area contributed by atoms with Crippen molar-refractivity contribution in [3.63, 3.8) is 0 Å². The first-order valence-electron chi connectivity index (χ1n) is 7.15. The van der Waals surface area contributed by atoms with E-state index in [1.54, 1.807) is 6.92 Å². The second-order valence-electron chi connectivity index (χ2n) is 4.99. The number of ether oxygens (including phenoxy) is 2. The van der Waals surface area contributed by atoms with Gasteiger partial charge in [-0.25, -0.2) is 0 Å². The highest BCUT2D eigenvalue weighted by atomic mass is 35.5. The molecule has 5 heteroatoms. The van der Waals surface area contributed by atoms with Crippen molar-refractivity contribution in [2.75, 3.05) is 11.9 Å².